The lowest BCUT2D eigenvalue weighted by Crippen LogP contribution is -3.00. The van der Waals surface area contributed by atoms with Crippen LogP contribution in [0.25, 0.3) is 0 Å². The largest absolute Gasteiger partial charge is 1.00 e. The molecule has 0 aliphatic carbocycles. The van der Waals surface area contributed by atoms with Crippen molar-refractivity contribution >= 4 is 5.78 Å². The second-order valence-electron chi connectivity index (χ2n) is 3.77. The minimum absolute atomic E-state index is 0. The Bertz CT molecular complexity index is 593. The van der Waals surface area contributed by atoms with Gasteiger partial charge in [-0.05, 0) is 12.1 Å². The summed E-state index contributed by atoms with van der Waals surface area (Å²) in [5, 5.41) is 0. The Kier molecular flexibility index (Phi) is 4.36. The van der Waals surface area contributed by atoms with Gasteiger partial charge in [-0.1, -0.05) is 12.1 Å². The Balaban J connectivity index is 0.00000180. The molecular formula is C12H9ClF3N2O-. The molecule has 0 bridgehead atoms. The zero-order chi connectivity index (χ0) is 13.3. The first kappa shape index (κ1) is 15.2. The summed E-state index contributed by atoms with van der Waals surface area (Å²) in [4.78, 5) is 15.8. The molecule has 0 saturated carbocycles. The van der Waals surface area contributed by atoms with Crippen molar-refractivity contribution in [2.75, 3.05) is 0 Å². The van der Waals surface area contributed by atoms with E-state index in [1.165, 1.54) is 22.9 Å². The van der Waals surface area contributed by atoms with Crippen molar-refractivity contribution in [3.63, 3.8) is 0 Å². The number of halogens is 4. The standard InChI is InChI=1S/C12H9F3N2O.ClH/c1-17-6-5-16-11(17)10(18)8-3-2-4-9(7-8)12(13,14)15;/h2-7H,1H3;1H/p-1. The minimum atomic E-state index is -4.46. The highest BCUT2D eigenvalue weighted by Crippen LogP contribution is 2.29. The van der Waals surface area contributed by atoms with Crippen LogP contribution in [0.2, 0.25) is 0 Å². The van der Waals surface area contributed by atoms with Gasteiger partial charge in [0.05, 0.1) is 5.56 Å². The average Bonchev–Trinajstić information content (AvgIpc) is 2.73. The first-order chi connectivity index (χ1) is 8.39. The molecule has 19 heavy (non-hydrogen) atoms. The summed E-state index contributed by atoms with van der Waals surface area (Å²) in [6.45, 7) is 0. The topological polar surface area (TPSA) is 34.9 Å². The number of rotatable bonds is 2. The smallest absolute Gasteiger partial charge is 0.416 e. The van der Waals surface area contributed by atoms with Crippen molar-refractivity contribution in [2.45, 2.75) is 6.18 Å². The van der Waals surface area contributed by atoms with E-state index in [1.54, 1.807) is 13.2 Å². The number of nitrogens with zero attached hydrogens (tertiary/aromatic N) is 2. The number of carbonyl (C=O) groups is 1. The molecule has 0 radical (unpaired) electrons. The minimum Gasteiger partial charge on any atom is -1.00 e. The average molecular weight is 290 g/mol. The predicted molar refractivity (Wildman–Crippen MR) is 58.1 cm³/mol. The molecule has 0 aliphatic rings. The first-order valence-electron chi connectivity index (χ1n) is 5.09. The van der Waals surface area contributed by atoms with E-state index < -0.39 is 17.5 Å². The summed E-state index contributed by atoms with van der Waals surface area (Å²) in [5.74, 6) is -0.428. The normalized spacial score (nSPS) is 10.9. The van der Waals surface area contributed by atoms with Crippen LogP contribution in [0, 0.1) is 0 Å². The molecule has 0 unspecified atom stereocenters. The maximum Gasteiger partial charge on any atom is 0.416 e. The van der Waals surface area contributed by atoms with Gasteiger partial charge < -0.3 is 17.0 Å². The molecule has 2 aromatic rings. The first-order valence-corrected chi connectivity index (χ1v) is 5.09. The van der Waals surface area contributed by atoms with Crippen molar-refractivity contribution in [1.29, 1.82) is 0 Å². The van der Waals surface area contributed by atoms with Gasteiger partial charge in [0, 0.05) is 25.0 Å². The lowest BCUT2D eigenvalue weighted by Gasteiger charge is -2.08. The summed E-state index contributed by atoms with van der Waals surface area (Å²) in [6.07, 6.45) is -1.49. The van der Waals surface area contributed by atoms with Gasteiger partial charge in [-0.15, -0.1) is 0 Å². The van der Waals surface area contributed by atoms with Crippen LogP contribution in [0.1, 0.15) is 21.7 Å². The molecule has 0 saturated heterocycles. The molecule has 7 heteroatoms. The van der Waals surface area contributed by atoms with Crippen LogP contribution in [0.5, 0.6) is 0 Å². The van der Waals surface area contributed by atoms with Gasteiger partial charge in [-0.2, -0.15) is 13.2 Å². The molecule has 1 aromatic heterocycles. The monoisotopic (exact) mass is 289 g/mol. The van der Waals surface area contributed by atoms with Crippen molar-refractivity contribution in [2.24, 2.45) is 7.05 Å². The Morgan fingerprint density at radius 2 is 2.00 bits per heavy atom. The highest BCUT2D eigenvalue weighted by atomic mass is 35.5. The zero-order valence-electron chi connectivity index (χ0n) is 9.78. The molecule has 3 nitrogen and oxygen atoms in total. The molecular weight excluding hydrogens is 281 g/mol. The van der Waals surface area contributed by atoms with Gasteiger partial charge in [0.2, 0.25) is 5.78 Å². The van der Waals surface area contributed by atoms with Gasteiger partial charge >= 0.3 is 6.18 Å². The van der Waals surface area contributed by atoms with Crippen LogP contribution in [-0.4, -0.2) is 15.3 Å². The van der Waals surface area contributed by atoms with E-state index >= 15 is 0 Å². The van der Waals surface area contributed by atoms with E-state index in [9.17, 15) is 18.0 Å². The summed E-state index contributed by atoms with van der Waals surface area (Å²) < 4.78 is 39.0. The predicted octanol–water partition coefficient (Wildman–Crippen LogP) is -0.326. The fraction of sp³-hybridized carbons (Fsp3) is 0.167. The number of carbonyl (C=O) groups excluding carboxylic acids is 1. The number of imidazole rings is 1. The molecule has 1 aromatic carbocycles. The molecule has 1 heterocycles. The summed E-state index contributed by atoms with van der Waals surface area (Å²) in [5.41, 5.74) is -0.873. The Labute approximate surface area is 113 Å². The van der Waals surface area contributed by atoms with Crippen molar-refractivity contribution in [1.82, 2.24) is 9.55 Å². The number of benzene rings is 1. The second-order valence-corrected chi connectivity index (χ2v) is 3.77. The Morgan fingerprint density at radius 1 is 1.32 bits per heavy atom. The Morgan fingerprint density at radius 3 is 2.53 bits per heavy atom. The van der Waals surface area contributed by atoms with Gasteiger partial charge in [0.25, 0.3) is 0 Å². The second kappa shape index (κ2) is 5.44. The third-order valence-corrected chi connectivity index (χ3v) is 2.48. The van der Waals surface area contributed by atoms with Gasteiger partial charge in [-0.25, -0.2) is 4.98 Å². The highest BCUT2D eigenvalue weighted by Gasteiger charge is 2.31. The summed E-state index contributed by atoms with van der Waals surface area (Å²) in [6, 6.07) is 4.30. The van der Waals surface area contributed by atoms with Crippen LogP contribution in [0.3, 0.4) is 0 Å². The van der Waals surface area contributed by atoms with E-state index in [2.05, 4.69) is 4.98 Å². The third kappa shape index (κ3) is 3.14. The van der Waals surface area contributed by atoms with Crippen molar-refractivity contribution in [3.05, 3.63) is 53.6 Å². The summed E-state index contributed by atoms with van der Waals surface area (Å²) in [7, 11) is 1.61. The third-order valence-electron chi connectivity index (χ3n) is 2.48. The van der Waals surface area contributed by atoms with E-state index in [4.69, 9.17) is 0 Å². The number of alkyl halides is 3. The van der Waals surface area contributed by atoms with Crippen LogP contribution >= 0.6 is 0 Å². The number of hydrogen-bond acceptors (Lipinski definition) is 2. The maximum absolute atomic E-state index is 12.5. The molecule has 0 N–H and O–H groups in total. The molecule has 0 atom stereocenters. The molecule has 102 valence electrons. The highest BCUT2D eigenvalue weighted by molar-refractivity contribution is 6.06. The SMILES string of the molecule is Cn1ccnc1C(=O)c1cccc(C(F)(F)F)c1.[Cl-]. The van der Waals surface area contributed by atoms with E-state index in [-0.39, 0.29) is 23.8 Å². The van der Waals surface area contributed by atoms with Crippen LogP contribution in [0.4, 0.5) is 13.2 Å². The van der Waals surface area contributed by atoms with Gasteiger partial charge in [0.15, 0.2) is 5.82 Å². The van der Waals surface area contributed by atoms with Crippen molar-refractivity contribution in [3.8, 4) is 0 Å². The molecule has 0 fully saturated rings. The maximum atomic E-state index is 12.5. The van der Waals surface area contributed by atoms with Crippen molar-refractivity contribution < 1.29 is 30.4 Å². The number of aromatic nitrogens is 2. The van der Waals surface area contributed by atoms with Gasteiger partial charge in [-0.3, -0.25) is 4.79 Å². The molecule has 2 rings (SSSR count). The van der Waals surface area contributed by atoms with Crippen LogP contribution in [-0.2, 0) is 13.2 Å². The number of hydrogen-bond donors (Lipinski definition) is 0. The number of aryl methyl sites for hydroxylation is 1. The van der Waals surface area contributed by atoms with E-state index in [0.29, 0.717) is 0 Å². The van der Waals surface area contributed by atoms with E-state index in [0.717, 1.165) is 12.1 Å². The van der Waals surface area contributed by atoms with Gasteiger partial charge in [0.1, 0.15) is 0 Å². The fourth-order valence-corrected chi connectivity index (χ4v) is 1.55. The quantitative estimate of drug-likeness (QED) is 0.710. The lowest BCUT2D eigenvalue weighted by atomic mass is 10.1. The lowest BCUT2D eigenvalue weighted by molar-refractivity contribution is -0.137. The number of ketones is 1. The molecule has 0 aliphatic heterocycles. The van der Waals surface area contributed by atoms with E-state index in [1.807, 2.05) is 0 Å². The van der Waals surface area contributed by atoms with Crippen LogP contribution in [0.15, 0.2) is 36.7 Å². The fourth-order valence-electron chi connectivity index (χ4n) is 1.55. The Hall–Kier alpha value is -1.82. The van der Waals surface area contributed by atoms with Crippen LogP contribution < -0.4 is 12.4 Å². The molecule has 0 amide bonds. The zero-order valence-corrected chi connectivity index (χ0v) is 10.5. The summed E-state index contributed by atoms with van der Waals surface area (Å²) >= 11 is 0. The molecule has 0 spiro atoms.